The molecule has 0 saturated heterocycles. The minimum Gasteiger partial charge on any atom is -0.0588 e. The summed E-state index contributed by atoms with van der Waals surface area (Å²) < 4.78 is 0. The Balaban J connectivity index is 2.65. The molecule has 0 nitrogen and oxygen atoms in total. The molecule has 3 saturated carbocycles. The topological polar surface area (TPSA) is 0 Å². The summed E-state index contributed by atoms with van der Waals surface area (Å²) in [6, 6.07) is 0. The lowest BCUT2D eigenvalue weighted by Gasteiger charge is -2.71. The summed E-state index contributed by atoms with van der Waals surface area (Å²) in [4.78, 5) is 0. The second-order valence-electron chi connectivity index (χ2n) is 14.2. The van der Waals surface area contributed by atoms with Gasteiger partial charge in [0.1, 0.15) is 0 Å². The molecule has 4 atom stereocenters. The second kappa shape index (κ2) is 4.00. The fraction of sp³-hybridized carbons (Fsp3) is 1.00. The van der Waals surface area contributed by atoms with Crippen LogP contribution in [0.25, 0.3) is 0 Å². The number of hydrogen-bond donors (Lipinski definition) is 0. The first-order chi connectivity index (χ1) is 11.0. The van der Waals surface area contributed by atoms with Gasteiger partial charge in [-0.3, -0.25) is 0 Å². The molecular formula is C26H48. The highest BCUT2D eigenvalue weighted by Crippen LogP contribution is 3.02. The predicted molar refractivity (Wildman–Crippen MR) is 115 cm³/mol. The van der Waals surface area contributed by atoms with Crippen LogP contribution in [0.5, 0.6) is 0 Å². The van der Waals surface area contributed by atoms with Crippen molar-refractivity contribution < 1.29 is 0 Å². The van der Waals surface area contributed by atoms with E-state index in [1.54, 1.807) is 0 Å². The molecule has 3 aliphatic carbocycles. The smallest absolute Gasteiger partial charge is 0.0140 e. The van der Waals surface area contributed by atoms with Gasteiger partial charge < -0.3 is 0 Å². The Morgan fingerprint density at radius 3 is 0.615 bits per heavy atom. The van der Waals surface area contributed by atoms with Crippen molar-refractivity contribution in [3.05, 3.63) is 0 Å². The number of hydrogen-bond acceptors (Lipinski definition) is 0. The summed E-state index contributed by atoms with van der Waals surface area (Å²) in [7, 11) is 0. The van der Waals surface area contributed by atoms with Gasteiger partial charge in [-0.1, -0.05) is 111 Å². The Kier molecular flexibility index (Phi) is 3.19. The molecule has 0 aromatic carbocycles. The van der Waals surface area contributed by atoms with Crippen LogP contribution >= 0.6 is 0 Å². The standard InChI is InChI=1S/C26H48/c1-17(2)18(3,4)25(15)23(13)20(7,8)21(9,10)24(14,22(23,11)12)26(25,16)19(17,5)6/h1-16H3. The molecule has 26 heavy (non-hydrogen) atoms. The summed E-state index contributed by atoms with van der Waals surface area (Å²) in [5, 5.41) is 0. The van der Waals surface area contributed by atoms with E-state index >= 15 is 0 Å². The van der Waals surface area contributed by atoms with Gasteiger partial charge in [0.2, 0.25) is 0 Å². The molecule has 3 aliphatic rings. The highest BCUT2D eigenvalue weighted by molar-refractivity contribution is 5.45. The molecule has 0 N–H and O–H groups in total. The van der Waals surface area contributed by atoms with Crippen LogP contribution in [0, 0.1) is 54.1 Å². The molecule has 0 aromatic rings. The lowest BCUT2D eigenvalue weighted by molar-refractivity contribution is -0.240. The van der Waals surface area contributed by atoms with Crippen molar-refractivity contribution in [1.29, 1.82) is 0 Å². The van der Waals surface area contributed by atoms with Crippen molar-refractivity contribution in [2.24, 2.45) is 54.1 Å². The van der Waals surface area contributed by atoms with E-state index in [1.807, 2.05) is 0 Å². The first-order valence-electron chi connectivity index (χ1n) is 11.0. The maximum atomic E-state index is 2.70. The summed E-state index contributed by atoms with van der Waals surface area (Å²) in [5.74, 6) is 0. The number of rotatable bonds is 0. The summed E-state index contributed by atoms with van der Waals surface area (Å²) in [6.45, 7) is 42.0. The molecule has 3 fully saturated rings. The third-order valence-corrected chi connectivity index (χ3v) is 15.2. The molecule has 152 valence electrons. The SMILES string of the molecule is CC1(C)C(C)(C)C2(C)C3(C)C(C)(C)C(C)(C)C(C)(C3(C)C)C2(C)C1(C)C. The van der Waals surface area contributed by atoms with Crippen LogP contribution in [-0.2, 0) is 0 Å². The Morgan fingerprint density at radius 2 is 0.385 bits per heavy atom. The van der Waals surface area contributed by atoms with Gasteiger partial charge in [-0.05, 0) is 54.1 Å². The molecule has 3 rings (SSSR count). The minimum atomic E-state index is 0.245. The Bertz CT molecular complexity index is 629. The van der Waals surface area contributed by atoms with Crippen LogP contribution in [0.1, 0.15) is 111 Å². The van der Waals surface area contributed by atoms with Crippen molar-refractivity contribution in [2.75, 3.05) is 0 Å². The molecule has 0 spiro atoms. The van der Waals surface area contributed by atoms with Gasteiger partial charge in [0.15, 0.2) is 0 Å². The van der Waals surface area contributed by atoms with Gasteiger partial charge in [-0.2, -0.15) is 0 Å². The second-order valence-corrected chi connectivity index (χ2v) is 14.2. The van der Waals surface area contributed by atoms with Gasteiger partial charge in [-0.25, -0.2) is 0 Å². The fourth-order valence-corrected chi connectivity index (χ4v) is 11.3. The molecule has 0 aliphatic heterocycles. The van der Waals surface area contributed by atoms with Crippen molar-refractivity contribution in [2.45, 2.75) is 111 Å². The van der Waals surface area contributed by atoms with Crippen molar-refractivity contribution in [3.8, 4) is 0 Å². The quantitative estimate of drug-likeness (QED) is 0.408. The summed E-state index contributed by atoms with van der Waals surface area (Å²) in [5.41, 5.74) is 2.53. The zero-order valence-corrected chi connectivity index (χ0v) is 21.0. The van der Waals surface area contributed by atoms with E-state index in [2.05, 4.69) is 111 Å². The normalized spacial score (nSPS) is 53.5. The maximum absolute atomic E-state index is 2.70. The van der Waals surface area contributed by atoms with Gasteiger partial charge >= 0.3 is 0 Å². The van der Waals surface area contributed by atoms with Crippen molar-refractivity contribution in [1.82, 2.24) is 0 Å². The molecule has 2 bridgehead atoms. The van der Waals surface area contributed by atoms with Gasteiger partial charge in [0.05, 0.1) is 0 Å². The van der Waals surface area contributed by atoms with Crippen LogP contribution in [0.15, 0.2) is 0 Å². The minimum absolute atomic E-state index is 0.245. The predicted octanol–water partition coefficient (Wildman–Crippen LogP) is 8.21. The van der Waals surface area contributed by atoms with Gasteiger partial charge in [0, 0.05) is 0 Å². The monoisotopic (exact) mass is 360 g/mol. The zero-order valence-electron chi connectivity index (χ0n) is 21.0. The van der Waals surface area contributed by atoms with Crippen LogP contribution in [0.4, 0.5) is 0 Å². The number of fused-ring (bicyclic) bond motifs is 5. The highest BCUT2D eigenvalue weighted by atomic mass is 15.0. The molecule has 0 aromatic heterocycles. The summed E-state index contributed by atoms with van der Waals surface area (Å²) in [6.07, 6.45) is 0. The summed E-state index contributed by atoms with van der Waals surface area (Å²) >= 11 is 0. The van der Waals surface area contributed by atoms with E-state index in [0.717, 1.165) is 0 Å². The van der Waals surface area contributed by atoms with E-state index < -0.39 is 0 Å². The largest absolute Gasteiger partial charge is 0.0588 e. The fourth-order valence-electron chi connectivity index (χ4n) is 11.3. The molecule has 0 heteroatoms. The van der Waals surface area contributed by atoms with Crippen LogP contribution in [0.3, 0.4) is 0 Å². The van der Waals surface area contributed by atoms with E-state index in [4.69, 9.17) is 0 Å². The van der Waals surface area contributed by atoms with Gasteiger partial charge in [-0.15, -0.1) is 0 Å². The first-order valence-corrected chi connectivity index (χ1v) is 11.0. The Hall–Kier alpha value is 0. The first kappa shape index (κ1) is 20.7. The van der Waals surface area contributed by atoms with Crippen molar-refractivity contribution in [3.63, 3.8) is 0 Å². The third kappa shape index (κ3) is 1.09. The van der Waals surface area contributed by atoms with E-state index in [1.165, 1.54) is 0 Å². The molecule has 0 amide bonds. The maximum Gasteiger partial charge on any atom is -0.0140 e. The lowest BCUT2D eigenvalue weighted by atomic mass is 9.33. The van der Waals surface area contributed by atoms with E-state index in [-0.39, 0.29) is 54.1 Å². The molecule has 4 unspecified atom stereocenters. The average Bonchev–Trinajstić information content (AvgIpc) is 2.63. The average molecular weight is 361 g/mol. The van der Waals surface area contributed by atoms with Crippen molar-refractivity contribution >= 4 is 0 Å². The molecular weight excluding hydrogens is 312 g/mol. The van der Waals surface area contributed by atoms with Crippen LogP contribution in [0.2, 0.25) is 0 Å². The third-order valence-electron chi connectivity index (χ3n) is 15.2. The zero-order chi connectivity index (χ0) is 21.0. The van der Waals surface area contributed by atoms with Crippen LogP contribution in [-0.4, -0.2) is 0 Å². The molecule has 0 heterocycles. The molecule has 0 radical (unpaired) electrons. The van der Waals surface area contributed by atoms with E-state index in [0.29, 0.717) is 0 Å². The Morgan fingerprint density at radius 1 is 0.192 bits per heavy atom. The van der Waals surface area contributed by atoms with Crippen LogP contribution < -0.4 is 0 Å². The Labute approximate surface area is 165 Å². The highest BCUT2D eigenvalue weighted by Gasteiger charge is 2.98. The lowest BCUT2D eigenvalue weighted by Crippen LogP contribution is -2.66. The van der Waals surface area contributed by atoms with Gasteiger partial charge in [0.25, 0.3) is 0 Å². The van der Waals surface area contributed by atoms with E-state index in [9.17, 15) is 0 Å².